The molecule has 1 saturated heterocycles. The van der Waals surface area contributed by atoms with Crippen molar-refractivity contribution < 1.29 is 13.5 Å². The molecule has 0 bridgehead atoms. The Morgan fingerprint density at radius 1 is 1.43 bits per heavy atom. The van der Waals surface area contributed by atoms with Gasteiger partial charge in [0.15, 0.2) is 0 Å². The van der Waals surface area contributed by atoms with Crippen LogP contribution in [0.25, 0.3) is 0 Å². The highest BCUT2D eigenvalue weighted by atomic mass is 19.3. The van der Waals surface area contributed by atoms with Gasteiger partial charge in [0.25, 0.3) is 5.92 Å². The van der Waals surface area contributed by atoms with E-state index in [9.17, 15) is 8.78 Å². The molecule has 0 amide bonds. The van der Waals surface area contributed by atoms with E-state index < -0.39 is 5.92 Å². The fourth-order valence-electron chi connectivity index (χ4n) is 1.59. The fourth-order valence-corrected chi connectivity index (χ4v) is 1.59. The Labute approximate surface area is 84.2 Å². The van der Waals surface area contributed by atoms with E-state index >= 15 is 0 Å². The van der Waals surface area contributed by atoms with Gasteiger partial charge in [-0.15, -0.1) is 0 Å². The van der Waals surface area contributed by atoms with E-state index in [1.807, 2.05) is 20.8 Å². The summed E-state index contributed by atoms with van der Waals surface area (Å²) >= 11 is 0. The van der Waals surface area contributed by atoms with E-state index in [2.05, 4.69) is 0 Å². The van der Waals surface area contributed by atoms with Crippen LogP contribution in [0.4, 0.5) is 8.78 Å². The Morgan fingerprint density at radius 2 is 2.00 bits per heavy atom. The van der Waals surface area contributed by atoms with Gasteiger partial charge in [-0.25, -0.2) is 8.78 Å². The van der Waals surface area contributed by atoms with Gasteiger partial charge in [-0.2, -0.15) is 0 Å². The number of likely N-dealkylation sites (N-methyl/N-ethyl adjacent to an activating group) is 1. The van der Waals surface area contributed by atoms with Gasteiger partial charge < -0.3 is 4.74 Å². The van der Waals surface area contributed by atoms with Crippen molar-refractivity contribution in [3.8, 4) is 0 Å². The van der Waals surface area contributed by atoms with Crippen LogP contribution in [0.5, 0.6) is 0 Å². The predicted molar refractivity (Wildman–Crippen MR) is 51.7 cm³/mol. The second-order valence-electron chi connectivity index (χ2n) is 5.05. The molecule has 1 aliphatic rings. The molecule has 1 heterocycles. The molecular formula is C10H19F2NO. The Bertz CT molecular complexity index is 201. The SMILES string of the molecule is CN1CC(F)(F)CC1COC(C)(C)C. The summed E-state index contributed by atoms with van der Waals surface area (Å²) in [7, 11) is 1.72. The molecule has 0 N–H and O–H groups in total. The molecule has 0 spiro atoms. The van der Waals surface area contributed by atoms with Gasteiger partial charge in [0.1, 0.15) is 0 Å². The number of ether oxygens (including phenoxy) is 1. The first-order valence-corrected chi connectivity index (χ1v) is 4.92. The van der Waals surface area contributed by atoms with Gasteiger partial charge in [-0.05, 0) is 27.8 Å². The van der Waals surface area contributed by atoms with Crippen LogP contribution in [-0.4, -0.2) is 42.7 Å². The van der Waals surface area contributed by atoms with E-state index in [1.54, 1.807) is 11.9 Å². The maximum absolute atomic E-state index is 13.0. The number of nitrogens with zero attached hydrogens (tertiary/aromatic N) is 1. The van der Waals surface area contributed by atoms with E-state index in [-0.39, 0.29) is 24.6 Å². The lowest BCUT2D eigenvalue weighted by atomic mass is 10.1. The Balaban J connectivity index is 2.40. The lowest BCUT2D eigenvalue weighted by molar-refractivity contribution is -0.0277. The molecule has 1 aliphatic heterocycles. The van der Waals surface area contributed by atoms with Crippen LogP contribution in [-0.2, 0) is 4.74 Å². The Hall–Kier alpha value is -0.220. The lowest BCUT2D eigenvalue weighted by Crippen LogP contribution is -2.33. The largest absolute Gasteiger partial charge is 0.374 e. The van der Waals surface area contributed by atoms with Crippen LogP contribution < -0.4 is 0 Å². The van der Waals surface area contributed by atoms with Crippen molar-refractivity contribution in [2.24, 2.45) is 0 Å². The number of hydrogen-bond acceptors (Lipinski definition) is 2. The second kappa shape index (κ2) is 3.74. The van der Waals surface area contributed by atoms with Crippen molar-refractivity contribution in [1.82, 2.24) is 4.90 Å². The molecule has 2 nitrogen and oxygen atoms in total. The van der Waals surface area contributed by atoms with Crippen molar-refractivity contribution in [3.05, 3.63) is 0 Å². The summed E-state index contributed by atoms with van der Waals surface area (Å²) in [5.74, 6) is -2.54. The van der Waals surface area contributed by atoms with Gasteiger partial charge >= 0.3 is 0 Å². The van der Waals surface area contributed by atoms with Gasteiger partial charge in [-0.3, -0.25) is 4.90 Å². The first-order chi connectivity index (χ1) is 6.20. The molecule has 0 radical (unpaired) electrons. The van der Waals surface area contributed by atoms with Crippen LogP contribution >= 0.6 is 0 Å². The second-order valence-corrected chi connectivity index (χ2v) is 5.05. The molecule has 1 rings (SSSR count). The highest BCUT2D eigenvalue weighted by Gasteiger charge is 2.43. The van der Waals surface area contributed by atoms with Crippen LogP contribution in [0, 0.1) is 0 Å². The minimum atomic E-state index is -2.54. The zero-order valence-electron chi connectivity index (χ0n) is 9.31. The third-order valence-electron chi connectivity index (χ3n) is 2.35. The summed E-state index contributed by atoms with van der Waals surface area (Å²) < 4.78 is 31.4. The third kappa shape index (κ3) is 3.50. The molecule has 1 atom stereocenters. The summed E-state index contributed by atoms with van der Waals surface area (Å²) in [5, 5.41) is 0. The standard InChI is InChI=1S/C10H19F2NO/c1-9(2,3)14-6-8-5-10(11,12)7-13(8)4/h8H,5-7H2,1-4H3. The molecule has 0 saturated carbocycles. The van der Waals surface area contributed by atoms with Crippen LogP contribution in [0.2, 0.25) is 0 Å². The number of likely N-dealkylation sites (tertiary alicyclic amines) is 1. The van der Waals surface area contributed by atoms with Crippen LogP contribution in [0.15, 0.2) is 0 Å². The summed E-state index contributed by atoms with van der Waals surface area (Å²) in [6.07, 6.45) is -0.0837. The highest BCUT2D eigenvalue weighted by molar-refractivity contribution is 4.88. The first kappa shape index (κ1) is 11.9. The van der Waals surface area contributed by atoms with Gasteiger partial charge in [-0.1, -0.05) is 0 Å². The zero-order valence-corrected chi connectivity index (χ0v) is 9.31. The maximum atomic E-state index is 13.0. The summed E-state index contributed by atoms with van der Waals surface area (Å²) in [6, 6.07) is -0.149. The minimum absolute atomic E-state index is 0.0837. The molecule has 14 heavy (non-hydrogen) atoms. The van der Waals surface area contributed by atoms with Crippen molar-refractivity contribution in [1.29, 1.82) is 0 Å². The molecule has 1 unspecified atom stereocenters. The van der Waals surface area contributed by atoms with Crippen molar-refractivity contribution in [2.75, 3.05) is 20.2 Å². The molecule has 0 aromatic heterocycles. The molecule has 0 aromatic rings. The minimum Gasteiger partial charge on any atom is -0.374 e. The number of hydrogen-bond donors (Lipinski definition) is 0. The molecule has 1 fully saturated rings. The van der Waals surface area contributed by atoms with Gasteiger partial charge in [0.2, 0.25) is 0 Å². The molecule has 4 heteroatoms. The topological polar surface area (TPSA) is 12.5 Å². The van der Waals surface area contributed by atoms with Crippen molar-refractivity contribution >= 4 is 0 Å². The molecule has 84 valence electrons. The quantitative estimate of drug-likeness (QED) is 0.688. The number of rotatable bonds is 2. The predicted octanol–water partition coefficient (Wildman–Crippen LogP) is 2.14. The average molecular weight is 207 g/mol. The monoisotopic (exact) mass is 207 g/mol. The number of halogens is 2. The lowest BCUT2D eigenvalue weighted by Gasteiger charge is -2.25. The zero-order chi connectivity index (χ0) is 11.0. The normalized spacial score (nSPS) is 28.3. The Kier molecular flexibility index (Phi) is 3.17. The number of alkyl halides is 2. The van der Waals surface area contributed by atoms with Gasteiger partial charge in [0.05, 0.1) is 18.8 Å². The molecule has 0 aromatic carbocycles. The fraction of sp³-hybridized carbons (Fsp3) is 1.00. The summed E-state index contributed by atoms with van der Waals surface area (Å²) in [6.45, 7) is 6.03. The van der Waals surface area contributed by atoms with E-state index in [4.69, 9.17) is 4.74 Å². The Morgan fingerprint density at radius 3 is 2.36 bits per heavy atom. The van der Waals surface area contributed by atoms with E-state index in [0.29, 0.717) is 6.61 Å². The molecule has 0 aliphatic carbocycles. The third-order valence-corrected chi connectivity index (χ3v) is 2.35. The average Bonchev–Trinajstić information content (AvgIpc) is 2.19. The van der Waals surface area contributed by atoms with Crippen LogP contribution in [0.1, 0.15) is 27.2 Å². The first-order valence-electron chi connectivity index (χ1n) is 4.92. The van der Waals surface area contributed by atoms with Crippen molar-refractivity contribution in [3.63, 3.8) is 0 Å². The van der Waals surface area contributed by atoms with Gasteiger partial charge in [0, 0.05) is 12.5 Å². The smallest absolute Gasteiger partial charge is 0.262 e. The summed E-state index contributed by atoms with van der Waals surface area (Å²) in [5.41, 5.74) is -0.251. The van der Waals surface area contributed by atoms with Crippen molar-refractivity contribution in [2.45, 2.75) is 44.8 Å². The van der Waals surface area contributed by atoms with Crippen LogP contribution in [0.3, 0.4) is 0 Å². The molecular weight excluding hydrogens is 188 g/mol. The van der Waals surface area contributed by atoms with E-state index in [1.165, 1.54) is 0 Å². The maximum Gasteiger partial charge on any atom is 0.262 e. The highest BCUT2D eigenvalue weighted by Crippen LogP contribution is 2.31. The summed E-state index contributed by atoms with van der Waals surface area (Å²) in [4.78, 5) is 1.67. The van der Waals surface area contributed by atoms with E-state index in [0.717, 1.165) is 0 Å².